The SMILES string of the molecule is COc1cc(C(=O)OCCCn2c(=O)oc3ccccc32)cc(Cl)c1OCC(N)=O. The molecule has 0 saturated heterocycles. The van der Waals surface area contributed by atoms with E-state index in [1.807, 2.05) is 6.07 Å². The lowest BCUT2D eigenvalue weighted by Crippen LogP contribution is -2.20. The molecule has 9 nitrogen and oxygen atoms in total. The van der Waals surface area contributed by atoms with E-state index >= 15 is 0 Å². The third-order valence-corrected chi connectivity index (χ3v) is 4.44. The molecule has 158 valence electrons. The molecule has 10 heteroatoms. The second kappa shape index (κ2) is 9.36. The molecule has 0 bridgehead atoms. The second-order valence-electron chi connectivity index (χ2n) is 6.22. The van der Waals surface area contributed by atoms with Crippen molar-refractivity contribution in [1.82, 2.24) is 4.57 Å². The van der Waals surface area contributed by atoms with E-state index < -0.39 is 17.6 Å². The Labute approximate surface area is 175 Å². The molecular weight excluding hydrogens is 416 g/mol. The van der Waals surface area contributed by atoms with Crippen LogP contribution in [0.2, 0.25) is 5.02 Å². The molecule has 1 aromatic heterocycles. The van der Waals surface area contributed by atoms with E-state index in [9.17, 15) is 14.4 Å². The maximum atomic E-state index is 12.3. The van der Waals surface area contributed by atoms with Crippen LogP contribution in [0.5, 0.6) is 11.5 Å². The highest BCUT2D eigenvalue weighted by Crippen LogP contribution is 2.36. The van der Waals surface area contributed by atoms with Crippen molar-refractivity contribution in [3.05, 3.63) is 57.5 Å². The quantitative estimate of drug-likeness (QED) is 0.405. The van der Waals surface area contributed by atoms with Crippen molar-refractivity contribution in [3.63, 3.8) is 0 Å². The van der Waals surface area contributed by atoms with E-state index in [4.69, 9.17) is 36.0 Å². The summed E-state index contributed by atoms with van der Waals surface area (Å²) in [5, 5.41) is 0.0685. The Balaban J connectivity index is 1.62. The Bertz CT molecular complexity index is 1140. The number of nitrogens with zero attached hydrogens (tertiary/aromatic N) is 1. The predicted molar refractivity (Wildman–Crippen MR) is 108 cm³/mol. The van der Waals surface area contributed by atoms with Gasteiger partial charge in [-0.15, -0.1) is 0 Å². The molecule has 3 aromatic rings. The zero-order chi connectivity index (χ0) is 21.7. The van der Waals surface area contributed by atoms with Gasteiger partial charge in [0, 0.05) is 6.54 Å². The molecule has 0 radical (unpaired) electrons. The number of hydrogen-bond acceptors (Lipinski definition) is 7. The molecule has 0 aliphatic heterocycles. The van der Waals surface area contributed by atoms with Gasteiger partial charge in [-0.25, -0.2) is 9.59 Å². The van der Waals surface area contributed by atoms with E-state index in [0.29, 0.717) is 24.1 Å². The minimum absolute atomic E-state index is 0.0685. The van der Waals surface area contributed by atoms with E-state index in [1.165, 1.54) is 23.8 Å². The Hall–Kier alpha value is -3.46. The van der Waals surface area contributed by atoms with Crippen LogP contribution in [0, 0.1) is 0 Å². The van der Waals surface area contributed by atoms with Crippen molar-refractivity contribution in [3.8, 4) is 11.5 Å². The summed E-state index contributed by atoms with van der Waals surface area (Å²) in [5.41, 5.74) is 6.38. The molecule has 1 amide bonds. The molecule has 3 rings (SSSR count). The van der Waals surface area contributed by atoms with Crippen molar-refractivity contribution in [2.75, 3.05) is 20.3 Å². The predicted octanol–water partition coefficient (Wildman–Crippen LogP) is 2.37. The van der Waals surface area contributed by atoms with Crippen molar-refractivity contribution < 1.29 is 28.2 Å². The summed E-state index contributed by atoms with van der Waals surface area (Å²) >= 11 is 6.13. The second-order valence-corrected chi connectivity index (χ2v) is 6.63. The molecular formula is C20H19ClN2O7. The van der Waals surface area contributed by atoms with Gasteiger partial charge in [-0.3, -0.25) is 9.36 Å². The van der Waals surface area contributed by atoms with Crippen LogP contribution in [0.3, 0.4) is 0 Å². The first-order valence-electron chi connectivity index (χ1n) is 8.95. The normalized spacial score (nSPS) is 10.7. The van der Waals surface area contributed by atoms with Crippen molar-refractivity contribution in [2.45, 2.75) is 13.0 Å². The Morgan fingerprint density at radius 2 is 2.00 bits per heavy atom. The van der Waals surface area contributed by atoms with E-state index in [2.05, 4.69) is 0 Å². The fourth-order valence-electron chi connectivity index (χ4n) is 2.82. The topological polar surface area (TPSA) is 123 Å². The summed E-state index contributed by atoms with van der Waals surface area (Å²) in [4.78, 5) is 35.2. The number of esters is 1. The number of benzene rings is 2. The number of aryl methyl sites for hydroxylation is 1. The molecule has 0 aliphatic carbocycles. The highest BCUT2D eigenvalue weighted by molar-refractivity contribution is 6.32. The average Bonchev–Trinajstić information content (AvgIpc) is 3.04. The smallest absolute Gasteiger partial charge is 0.419 e. The molecule has 0 spiro atoms. The monoisotopic (exact) mass is 434 g/mol. The van der Waals surface area contributed by atoms with Gasteiger partial charge in [0.2, 0.25) is 0 Å². The Morgan fingerprint density at radius 3 is 2.73 bits per heavy atom. The Kier molecular flexibility index (Phi) is 6.63. The van der Waals surface area contributed by atoms with Crippen molar-refractivity contribution in [1.29, 1.82) is 0 Å². The lowest BCUT2D eigenvalue weighted by atomic mass is 10.2. The van der Waals surface area contributed by atoms with Gasteiger partial charge in [-0.2, -0.15) is 0 Å². The number of hydrogen-bond donors (Lipinski definition) is 1. The zero-order valence-corrected chi connectivity index (χ0v) is 16.8. The summed E-state index contributed by atoms with van der Waals surface area (Å²) in [6.07, 6.45) is 0.403. The number of fused-ring (bicyclic) bond motifs is 1. The Morgan fingerprint density at radius 1 is 1.23 bits per heavy atom. The first-order valence-corrected chi connectivity index (χ1v) is 9.32. The molecule has 0 unspecified atom stereocenters. The van der Waals surface area contributed by atoms with Crippen molar-refractivity contribution >= 4 is 34.6 Å². The first kappa shape index (κ1) is 21.3. The molecule has 30 heavy (non-hydrogen) atoms. The van der Waals surface area contributed by atoms with Crippen LogP contribution < -0.4 is 21.0 Å². The van der Waals surface area contributed by atoms with Crippen LogP contribution in [-0.2, 0) is 16.1 Å². The number of methoxy groups -OCH3 is 1. The third kappa shape index (κ3) is 4.74. The minimum atomic E-state index is -0.680. The molecule has 2 aromatic carbocycles. The maximum Gasteiger partial charge on any atom is 0.419 e. The van der Waals surface area contributed by atoms with E-state index in [1.54, 1.807) is 18.2 Å². The summed E-state index contributed by atoms with van der Waals surface area (Å²) in [6.45, 7) is 0.0136. The number of halogens is 1. The lowest BCUT2D eigenvalue weighted by molar-refractivity contribution is -0.119. The van der Waals surface area contributed by atoms with Crippen LogP contribution >= 0.6 is 11.6 Å². The van der Waals surface area contributed by atoms with Crippen LogP contribution in [-0.4, -0.2) is 36.8 Å². The number of oxazole rings is 1. The highest BCUT2D eigenvalue weighted by atomic mass is 35.5. The number of aromatic nitrogens is 1. The molecule has 0 atom stereocenters. The number of rotatable bonds is 9. The fourth-order valence-corrected chi connectivity index (χ4v) is 3.08. The van der Waals surface area contributed by atoms with Crippen LogP contribution in [0.15, 0.2) is 45.6 Å². The van der Waals surface area contributed by atoms with Gasteiger partial charge < -0.3 is 24.4 Å². The number of para-hydroxylation sites is 2. The summed E-state index contributed by atoms with van der Waals surface area (Å²) < 4.78 is 22.3. The number of primary amides is 1. The molecule has 0 saturated carbocycles. The maximum absolute atomic E-state index is 12.3. The fraction of sp³-hybridized carbons (Fsp3) is 0.250. The van der Waals surface area contributed by atoms with Crippen molar-refractivity contribution in [2.24, 2.45) is 5.73 Å². The molecule has 0 aliphatic rings. The lowest BCUT2D eigenvalue weighted by Gasteiger charge is -2.13. The summed E-state index contributed by atoms with van der Waals surface area (Å²) in [6, 6.07) is 9.81. The van der Waals surface area contributed by atoms with Gasteiger partial charge in [-0.1, -0.05) is 23.7 Å². The van der Waals surface area contributed by atoms with Gasteiger partial charge >= 0.3 is 11.7 Å². The number of carbonyl (C=O) groups excluding carboxylic acids is 2. The first-order chi connectivity index (χ1) is 14.4. The van der Waals surface area contributed by atoms with Crippen LogP contribution in [0.4, 0.5) is 0 Å². The third-order valence-electron chi connectivity index (χ3n) is 4.16. The number of nitrogens with two attached hydrogens (primary N) is 1. The van der Waals surface area contributed by atoms with Crippen LogP contribution in [0.1, 0.15) is 16.8 Å². The van der Waals surface area contributed by atoms with E-state index in [-0.39, 0.29) is 35.3 Å². The summed E-state index contributed by atoms with van der Waals surface area (Å²) in [7, 11) is 1.37. The average molecular weight is 435 g/mol. The van der Waals surface area contributed by atoms with Gasteiger partial charge in [0.15, 0.2) is 23.7 Å². The van der Waals surface area contributed by atoms with Gasteiger partial charge in [-0.05, 0) is 30.7 Å². The number of amides is 1. The van der Waals surface area contributed by atoms with Gasteiger partial charge in [0.1, 0.15) is 0 Å². The largest absolute Gasteiger partial charge is 0.493 e. The molecule has 2 N–H and O–H groups in total. The standard InChI is InChI=1S/C20H19ClN2O7/c1-27-16-10-12(9-13(21)18(16)29-11-17(22)24)19(25)28-8-4-7-23-14-5-2-3-6-15(14)30-20(23)26/h2-3,5-6,9-10H,4,7-8,11H2,1H3,(H2,22,24). The number of ether oxygens (including phenoxy) is 3. The van der Waals surface area contributed by atoms with Gasteiger partial charge in [0.25, 0.3) is 5.91 Å². The van der Waals surface area contributed by atoms with E-state index in [0.717, 1.165) is 0 Å². The molecule has 0 fully saturated rings. The van der Waals surface area contributed by atoms with Gasteiger partial charge in [0.05, 0.1) is 29.8 Å². The van der Waals surface area contributed by atoms with Crippen LogP contribution in [0.25, 0.3) is 11.1 Å². The number of carbonyl (C=O) groups is 2. The minimum Gasteiger partial charge on any atom is -0.493 e. The molecule has 1 heterocycles. The highest BCUT2D eigenvalue weighted by Gasteiger charge is 2.17. The summed E-state index contributed by atoms with van der Waals surface area (Å²) in [5.74, 6) is -1.51. The zero-order valence-electron chi connectivity index (χ0n) is 16.1.